The molecule has 6 nitrogen and oxygen atoms in total. The molecule has 148 valence electrons. The first-order valence-electron chi connectivity index (χ1n) is 8.41. The number of guanidine groups is 1. The molecule has 0 saturated heterocycles. The average molecular weight is 523 g/mol. The average Bonchev–Trinajstić information content (AvgIpc) is 3.18. The predicted molar refractivity (Wildman–Crippen MR) is 123 cm³/mol. The number of nitrogens with zero attached hydrogens (tertiary/aromatic N) is 1. The maximum atomic E-state index is 11.7. The third kappa shape index (κ3) is 9.39. The Labute approximate surface area is 185 Å². The topological polar surface area (TPSA) is 78.7 Å². The van der Waals surface area contributed by atoms with Crippen molar-refractivity contribution in [1.82, 2.24) is 16.0 Å². The number of nitrogens with one attached hydrogen (secondary N) is 3. The van der Waals surface area contributed by atoms with Crippen molar-refractivity contribution in [2.24, 2.45) is 4.99 Å². The van der Waals surface area contributed by atoms with E-state index < -0.39 is 0 Å². The molecule has 1 aromatic heterocycles. The zero-order valence-corrected chi connectivity index (χ0v) is 18.9. The minimum atomic E-state index is -0.234. The summed E-state index contributed by atoms with van der Waals surface area (Å²) in [6, 6.07) is 11.1. The van der Waals surface area contributed by atoms with Crippen molar-refractivity contribution in [1.29, 1.82) is 0 Å². The van der Waals surface area contributed by atoms with Crippen LogP contribution in [0.3, 0.4) is 0 Å². The van der Waals surface area contributed by atoms with Crippen molar-refractivity contribution < 1.29 is 9.21 Å². The van der Waals surface area contributed by atoms with Gasteiger partial charge in [-0.3, -0.25) is 9.79 Å². The van der Waals surface area contributed by atoms with E-state index in [0.717, 1.165) is 29.8 Å². The first-order chi connectivity index (χ1) is 12.7. The molecule has 1 heterocycles. The number of furan rings is 1. The lowest BCUT2D eigenvalue weighted by atomic mass is 10.4. The fraction of sp³-hybridized carbons (Fsp3) is 0.333. The number of hydrogen-bond acceptors (Lipinski definition) is 4. The number of thioether (sulfide) groups is 1. The molecule has 0 radical (unpaired) electrons. The summed E-state index contributed by atoms with van der Waals surface area (Å²) in [6.45, 7) is 4.48. The van der Waals surface area contributed by atoms with Gasteiger partial charge in [-0.05, 0) is 43.3 Å². The molecular weight excluding hydrogens is 499 g/mol. The third-order valence-corrected chi connectivity index (χ3v) is 4.50. The van der Waals surface area contributed by atoms with Crippen molar-refractivity contribution in [3.05, 3.63) is 53.4 Å². The second kappa shape index (κ2) is 13.7. The van der Waals surface area contributed by atoms with Gasteiger partial charge in [-0.25, -0.2) is 0 Å². The molecule has 2 aromatic rings. The monoisotopic (exact) mass is 522 g/mol. The second-order valence-electron chi connectivity index (χ2n) is 5.22. The molecule has 0 aliphatic rings. The number of carbonyl (C=O) groups is 1. The number of halogens is 2. The molecule has 1 aromatic carbocycles. The number of rotatable bonds is 9. The zero-order chi connectivity index (χ0) is 18.6. The SMILES string of the molecule is CCNC(=NCCNC(=O)c1ccco1)NCCSc1ccc(Cl)cc1.I. The van der Waals surface area contributed by atoms with E-state index in [2.05, 4.69) is 20.9 Å². The number of amides is 1. The molecule has 0 unspecified atom stereocenters. The molecule has 0 atom stereocenters. The smallest absolute Gasteiger partial charge is 0.287 e. The molecule has 3 N–H and O–H groups in total. The molecule has 0 spiro atoms. The summed E-state index contributed by atoms with van der Waals surface area (Å²) in [6.07, 6.45) is 1.47. The van der Waals surface area contributed by atoms with Gasteiger partial charge in [-0.15, -0.1) is 35.7 Å². The van der Waals surface area contributed by atoms with Crippen LogP contribution in [0.4, 0.5) is 0 Å². The Morgan fingerprint density at radius 3 is 2.59 bits per heavy atom. The molecule has 0 saturated carbocycles. The summed E-state index contributed by atoms with van der Waals surface area (Å²) in [5, 5.41) is 9.97. The van der Waals surface area contributed by atoms with Crippen LogP contribution in [-0.4, -0.2) is 43.8 Å². The standard InChI is InChI=1S/C18H23ClN4O2S.HI/c1-2-20-18(22-10-9-21-17(24)16-4-3-12-25-16)23-11-13-26-15-7-5-14(19)6-8-15;/h3-8,12H,2,9-11,13H2,1H3,(H,21,24)(H2,20,22,23);1H. The number of benzene rings is 1. The summed E-state index contributed by atoms with van der Waals surface area (Å²) < 4.78 is 5.04. The quantitative estimate of drug-likeness (QED) is 0.154. The van der Waals surface area contributed by atoms with Gasteiger partial charge in [-0.2, -0.15) is 0 Å². The molecule has 1 amide bonds. The van der Waals surface area contributed by atoms with E-state index in [-0.39, 0.29) is 29.9 Å². The number of carbonyl (C=O) groups excluding carboxylic acids is 1. The van der Waals surface area contributed by atoms with Crippen LogP contribution in [0.25, 0.3) is 0 Å². The van der Waals surface area contributed by atoms with Crippen LogP contribution in [0.2, 0.25) is 5.02 Å². The summed E-state index contributed by atoms with van der Waals surface area (Å²) in [4.78, 5) is 17.4. The van der Waals surface area contributed by atoms with Gasteiger partial charge in [0.1, 0.15) is 0 Å². The molecule has 27 heavy (non-hydrogen) atoms. The van der Waals surface area contributed by atoms with Crippen LogP contribution < -0.4 is 16.0 Å². The lowest BCUT2D eigenvalue weighted by Crippen LogP contribution is -2.39. The zero-order valence-electron chi connectivity index (χ0n) is 15.0. The van der Waals surface area contributed by atoms with E-state index in [0.29, 0.717) is 18.8 Å². The number of hydrogen-bond donors (Lipinski definition) is 3. The molecule has 0 fully saturated rings. The molecule has 9 heteroatoms. The van der Waals surface area contributed by atoms with Crippen LogP contribution >= 0.6 is 47.3 Å². The molecule has 0 bridgehead atoms. The van der Waals surface area contributed by atoms with Gasteiger partial charge in [-0.1, -0.05) is 11.6 Å². The minimum Gasteiger partial charge on any atom is -0.459 e. The lowest BCUT2D eigenvalue weighted by Gasteiger charge is -2.11. The fourth-order valence-corrected chi connectivity index (χ4v) is 2.94. The molecule has 0 aliphatic carbocycles. The largest absolute Gasteiger partial charge is 0.459 e. The van der Waals surface area contributed by atoms with Crippen LogP contribution in [-0.2, 0) is 0 Å². The van der Waals surface area contributed by atoms with Crippen molar-refractivity contribution >= 4 is 59.2 Å². The number of aliphatic imine (C=N–C) groups is 1. The van der Waals surface area contributed by atoms with E-state index in [9.17, 15) is 4.79 Å². The van der Waals surface area contributed by atoms with Gasteiger partial charge in [0.05, 0.1) is 12.8 Å². The Morgan fingerprint density at radius 1 is 1.15 bits per heavy atom. The summed E-state index contributed by atoms with van der Waals surface area (Å²) in [7, 11) is 0. The maximum absolute atomic E-state index is 11.7. The summed E-state index contributed by atoms with van der Waals surface area (Å²) in [5.41, 5.74) is 0. The summed E-state index contributed by atoms with van der Waals surface area (Å²) >= 11 is 7.63. The normalized spacial score (nSPS) is 10.8. The van der Waals surface area contributed by atoms with Gasteiger partial charge in [0, 0.05) is 35.3 Å². The predicted octanol–water partition coefficient (Wildman–Crippen LogP) is 3.63. The minimum absolute atomic E-state index is 0. The van der Waals surface area contributed by atoms with E-state index in [1.54, 1.807) is 23.9 Å². The van der Waals surface area contributed by atoms with E-state index in [1.807, 2.05) is 31.2 Å². The first-order valence-corrected chi connectivity index (χ1v) is 9.77. The van der Waals surface area contributed by atoms with Crippen LogP contribution in [0.5, 0.6) is 0 Å². The van der Waals surface area contributed by atoms with Gasteiger partial charge in [0.2, 0.25) is 0 Å². The van der Waals surface area contributed by atoms with Crippen LogP contribution in [0.1, 0.15) is 17.5 Å². The van der Waals surface area contributed by atoms with Crippen molar-refractivity contribution in [2.45, 2.75) is 11.8 Å². The lowest BCUT2D eigenvalue weighted by molar-refractivity contribution is 0.0927. The molecular formula is C18H24ClIN4O2S. The Kier molecular flexibility index (Phi) is 12.0. The first kappa shape index (κ1) is 23.6. The fourth-order valence-electron chi connectivity index (χ4n) is 2.04. The van der Waals surface area contributed by atoms with Gasteiger partial charge < -0.3 is 20.4 Å². The van der Waals surface area contributed by atoms with Crippen LogP contribution in [0, 0.1) is 0 Å². The highest BCUT2D eigenvalue weighted by Crippen LogP contribution is 2.19. The Morgan fingerprint density at radius 2 is 1.93 bits per heavy atom. The highest BCUT2D eigenvalue weighted by atomic mass is 127. The Bertz CT molecular complexity index is 696. The van der Waals surface area contributed by atoms with Crippen molar-refractivity contribution in [3.8, 4) is 0 Å². The highest BCUT2D eigenvalue weighted by Gasteiger charge is 2.06. The maximum Gasteiger partial charge on any atom is 0.287 e. The molecule has 0 aliphatic heterocycles. The van der Waals surface area contributed by atoms with Gasteiger partial charge in [0.15, 0.2) is 11.7 Å². The van der Waals surface area contributed by atoms with E-state index >= 15 is 0 Å². The Hall–Kier alpha value is -1.39. The van der Waals surface area contributed by atoms with Gasteiger partial charge >= 0.3 is 0 Å². The van der Waals surface area contributed by atoms with Crippen LogP contribution in [0.15, 0.2) is 57.0 Å². The highest BCUT2D eigenvalue weighted by molar-refractivity contribution is 14.0. The van der Waals surface area contributed by atoms with E-state index in [4.69, 9.17) is 16.0 Å². The second-order valence-corrected chi connectivity index (χ2v) is 6.83. The van der Waals surface area contributed by atoms with Crippen molar-refractivity contribution in [2.75, 3.05) is 31.9 Å². The van der Waals surface area contributed by atoms with E-state index in [1.165, 1.54) is 11.2 Å². The van der Waals surface area contributed by atoms with Crippen molar-refractivity contribution in [3.63, 3.8) is 0 Å². The van der Waals surface area contributed by atoms with Gasteiger partial charge in [0.25, 0.3) is 5.91 Å². The summed E-state index contributed by atoms with van der Waals surface area (Å²) in [5.74, 6) is 1.71. The third-order valence-electron chi connectivity index (χ3n) is 3.23. The Balaban J connectivity index is 0.00000364. The molecule has 2 rings (SSSR count).